The Morgan fingerprint density at radius 1 is 0.341 bits per heavy atom. The van der Waals surface area contributed by atoms with Crippen LogP contribution in [0, 0.1) is 13.8 Å². The number of benzene rings is 6. The highest BCUT2D eigenvalue weighted by Gasteiger charge is 2.54. The first-order chi connectivity index (χ1) is 20.1. The first-order valence-electron chi connectivity index (χ1n) is 14.7. The van der Waals surface area contributed by atoms with Crippen LogP contribution in [0.4, 0.5) is 0 Å². The maximum Gasteiger partial charge on any atom is 0.0478 e. The van der Waals surface area contributed by atoms with Crippen LogP contribution in [0.1, 0.15) is 50.9 Å². The SMILES string of the molecule is Cc1ccc(C2(CC3(c4ccc(C)cc4)c4ccccc4-c4ccccc43)c3ccccc3-c3ccccc32)cc1. The molecule has 0 aliphatic heterocycles. The van der Waals surface area contributed by atoms with Crippen molar-refractivity contribution in [3.05, 3.63) is 190 Å². The van der Waals surface area contributed by atoms with E-state index in [1.54, 1.807) is 0 Å². The van der Waals surface area contributed by atoms with Gasteiger partial charge in [-0.2, -0.15) is 0 Å². The van der Waals surface area contributed by atoms with Gasteiger partial charge in [0.05, 0.1) is 0 Å². The molecule has 0 unspecified atom stereocenters. The highest BCUT2D eigenvalue weighted by Crippen LogP contribution is 2.63. The molecule has 0 spiro atoms. The van der Waals surface area contributed by atoms with Crippen LogP contribution in [0.25, 0.3) is 22.3 Å². The molecule has 2 aliphatic rings. The lowest BCUT2D eigenvalue weighted by Gasteiger charge is -2.43. The summed E-state index contributed by atoms with van der Waals surface area (Å²) in [5, 5.41) is 0. The third-order valence-corrected chi connectivity index (χ3v) is 9.75. The molecule has 0 saturated carbocycles. The van der Waals surface area contributed by atoms with Gasteiger partial charge in [0.25, 0.3) is 0 Å². The van der Waals surface area contributed by atoms with Crippen LogP contribution in [0.15, 0.2) is 146 Å². The Morgan fingerprint density at radius 2 is 0.610 bits per heavy atom. The van der Waals surface area contributed by atoms with E-state index in [1.807, 2.05) is 0 Å². The highest BCUT2D eigenvalue weighted by molar-refractivity contribution is 5.87. The van der Waals surface area contributed by atoms with Crippen LogP contribution in [0.2, 0.25) is 0 Å². The van der Waals surface area contributed by atoms with Crippen molar-refractivity contribution in [2.75, 3.05) is 0 Å². The van der Waals surface area contributed by atoms with Gasteiger partial charge >= 0.3 is 0 Å². The molecule has 8 rings (SSSR count). The van der Waals surface area contributed by atoms with Gasteiger partial charge in [-0.3, -0.25) is 0 Å². The molecule has 6 aromatic carbocycles. The molecular weight excluding hydrogens is 492 g/mol. The van der Waals surface area contributed by atoms with Crippen LogP contribution < -0.4 is 0 Å². The van der Waals surface area contributed by atoms with Crippen molar-refractivity contribution in [1.82, 2.24) is 0 Å². The molecule has 0 aromatic heterocycles. The van der Waals surface area contributed by atoms with Crippen molar-refractivity contribution in [2.45, 2.75) is 31.1 Å². The quantitative estimate of drug-likeness (QED) is 0.215. The monoisotopic (exact) mass is 524 g/mol. The van der Waals surface area contributed by atoms with E-state index in [4.69, 9.17) is 0 Å². The molecule has 0 bridgehead atoms. The van der Waals surface area contributed by atoms with E-state index in [0.717, 1.165) is 6.42 Å². The third kappa shape index (κ3) is 3.28. The minimum absolute atomic E-state index is 0.337. The van der Waals surface area contributed by atoms with Gasteiger partial charge in [-0.15, -0.1) is 0 Å². The summed E-state index contributed by atoms with van der Waals surface area (Å²) in [4.78, 5) is 0. The molecule has 0 amide bonds. The zero-order chi connectivity index (χ0) is 27.6. The van der Waals surface area contributed by atoms with Gasteiger partial charge in [-0.1, -0.05) is 157 Å². The second kappa shape index (κ2) is 8.91. The number of rotatable bonds is 4. The van der Waals surface area contributed by atoms with Gasteiger partial charge in [-0.05, 0) is 75.9 Å². The summed E-state index contributed by atoms with van der Waals surface area (Å²) in [6.45, 7) is 4.37. The first-order valence-corrected chi connectivity index (χ1v) is 14.7. The molecule has 0 N–H and O–H groups in total. The fourth-order valence-electron chi connectivity index (χ4n) is 7.93. The lowest BCUT2D eigenvalue weighted by molar-refractivity contribution is 0.453. The molecule has 0 atom stereocenters. The largest absolute Gasteiger partial charge is 0.0619 e. The molecule has 0 saturated heterocycles. The molecule has 41 heavy (non-hydrogen) atoms. The molecule has 6 aromatic rings. The van der Waals surface area contributed by atoms with E-state index >= 15 is 0 Å². The van der Waals surface area contributed by atoms with Gasteiger partial charge in [0.2, 0.25) is 0 Å². The lowest BCUT2D eigenvalue weighted by Crippen LogP contribution is -2.39. The van der Waals surface area contributed by atoms with E-state index in [-0.39, 0.29) is 10.8 Å². The van der Waals surface area contributed by atoms with E-state index in [1.165, 1.54) is 66.8 Å². The molecule has 196 valence electrons. The van der Waals surface area contributed by atoms with Crippen molar-refractivity contribution < 1.29 is 0 Å². The van der Waals surface area contributed by atoms with Crippen molar-refractivity contribution >= 4 is 0 Å². The van der Waals surface area contributed by atoms with Gasteiger partial charge in [0, 0.05) is 10.8 Å². The second-order valence-electron chi connectivity index (χ2n) is 11.9. The van der Waals surface area contributed by atoms with Crippen LogP contribution in [-0.4, -0.2) is 0 Å². The summed E-state index contributed by atoms with van der Waals surface area (Å²) in [6, 6.07) is 55.1. The topological polar surface area (TPSA) is 0 Å². The molecule has 0 fully saturated rings. The fourth-order valence-corrected chi connectivity index (χ4v) is 7.93. The molecule has 2 aliphatic carbocycles. The van der Waals surface area contributed by atoms with Crippen LogP contribution in [0.3, 0.4) is 0 Å². The van der Waals surface area contributed by atoms with Crippen molar-refractivity contribution in [1.29, 1.82) is 0 Å². The minimum Gasteiger partial charge on any atom is -0.0619 e. The predicted molar refractivity (Wildman–Crippen MR) is 170 cm³/mol. The summed E-state index contributed by atoms with van der Waals surface area (Å²) < 4.78 is 0. The zero-order valence-electron chi connectivity index (χ0n) is 23.6. The average molecular weight is 525 g/mol. The third-order valence-electron chi connectivity index (χ3n) is 9.75. The predicted octanol–water partition coefficient (Wildman–Crippen LogP) is 10.0. The molecule has 0 radical (unpaired) electrons. The summed E-state index contributed by atoms with van der Waals surface area (Å²) >= 11 is 0. The second-order valence-corrected chi connectivity index (χ2v) is 11.9. The van der Waals surface area contributed by atoms with E-state index < -0.39 is 0 Å². The van der Waals surface area contributed by atoms with Crippen molar-refractivity contribution in [3.8, 4) is 22.3 Å². The van der Waals surface area contributed by atoms with Gasteiger partial charge in [0.15, 0.2) is 0 Å². The summed E-state index contributed by atoms with van der Waals surface area (Å²) in [5.41, 5.74) is 15.6. The Hall–Kier alpha value is -4.68. The summed E-state index contributed by atoms with van der Waals surface area (Å²) in [6.07, 6.45) is 0.897. The number of fused-ring (bicyclic) bond motifs is 6. The molecule has 0 heterocycles. The molecule has 0 nitrogen and oxygen atoms in total. The molecule has 0 heteroatoms. The highest BCUT2D eigenvalue weighted by atomic mass is 14.6. The summed E-state index contributed by atoms with van der Waals surface area (Å²) in [7, 11) is 0. The lowest BCUT2D eigenvalue weighted by atomic mass is 9.58. The zero-order valence-corrected chi connectivity index (χ0v) is 23.6. The maximum atomic E-state index is 2.38. The Bertz CT molecular complexity index is 1690. The van der Waals surface area contributed by atoms with Crippen LogP contribution in [-0.2, 0) is 10.8 Å². The molecular formula is C41H32. The standard InChI is InChI=1S/C41H32/c1-28-19-23-30(24-20-28)40(36-15-7-3-11-32(36)33-12-4-8-16-37(33)40)27-41(31-25-21-29(2)22-26-31)38-17-9-5-13-34(38)35-14-6-10-18-39(35)41/h3-26H,27H2,1-2H3. The average Bonchev–Trinajstić information content (AvgIpc) is 3.47. The van der Waals surface area contributed by atoms with Crippen LogP contribution >= 0.6 is 0 Å². The number of hydrogen-bond acceptors (Lipinski definition) is 0. The Labute approximate surface area is 243 Å². The smallest absolute Gasteiger partial charge is 0.0478 e. The first kappa shape index (κ1) is 24.1. The van der Waals surface area contributed by atoms with Gasteiger partial charge < -0.3 is 0 Å². The number of aryl methyl sites for hydroxylation is 2. The fraction of sp³-hybridized carbons (Fsp3) is 0.122. The summed E-state index contributed by atoms with van der Waals surface area (Å²) in [5.74, 6) is 0. The van der Waals surface area contributed by atoms with Gasteiger partial charge in [0.1, 0.15) is 0 Å². The minimum atomic E-state index is -0.337. The van der Waals surface area contributed by atoms with Crippen molar-refractivity contribution in [2.24, 2.45) is 0 Å². The Balaban J connectivity index is 1.52. The van der Waals surface area contributed by atoms with E-state index in [2.05, 4.69) is 159 Å². The maximum absolute atomic E-state index is 2.38. The van der Waals surface area contributed by atoms with Crippen molar-refractivity contribution in [3.63, 3.8) is 0 Å². The number of hydrogen-bond donors (Lipinski definition) is 0. The normalized spacial score (nSPS) is 15.1. The van der Waals surface area contributed by atoms with E-state index in [9.17, 15) is 0 Å². The van der Waals surface area contributed by atoms with Crippen LogP contribution in [0.5, 0.6) is 0 Å². The Kier molecular flexibility index (Phi) is 5.25. The van der Waals surface area contributed by atoms with Gasteiger partial charge in [-0.25, -0.2) is 0 Å². The Morgan fingerprint density at radius 3 is 0.902 bits per heavy atom. The van der Waals surface area contributed by atoms with E-state index in [0.29, 0.717) is 0 Å².